The lowest BCUT2D eigenvalue weighted by atomic mass is 10.0. The number of hydrogen-bond acceptors (Lipinski definition) is 4. The summed E-state index contributed by atoms with van der Waals surface area (Å²) in [5, 5.41) is 4.39. The van der Waals surface area contributed by atoms with Gasteiger partial charge in [0.1, 0.15) is 17.4 Å². The molecule has 0 aliphatic carbocycles. The van der Waals surface area contributed by atoms with Gasteiger partial charge in [0.2, 0.25) is 0 Å². The fraction of sp³-hybridized carbons (Fsp3) is 0.250. The molecule has 26 heavy (non-hydrogen) atoms. The maximum Gasteiger partial charge on any atom is 0.190 e. The third-order valence-corrected chi connectivity index (χ3v) is 4.99. The Morgan fingerprint density at radius 1 is 1.23 bits per heavy atom. The highest BCUT2D eigenvalue weighted by atomic mass is 79.9. The minimum absolute atomic E-state index is 0.00456. The molecule has 0 unspecified atom stereocenters. The molecule has 0 saturated carbocycles. The number of ether oxygens (including phenoxy) is 1. The van der Waals surface area contributed by atoms with Crippen molar-refractivity contribution in [3.8, 4) is 5.75 Å². The molecule has 0 saturated heterocycles. The van der Waals surface area contributed by atoms with E-state index in [1.165, 1.54) is 0 Å². The summed E-state index contributed by atoms with van der Waals surface area (Å²) in [6.07, 6.45) is 0. The van der Waals surface area contributed by atoms with E-state index in [-0.39, 0.29) is 6.04 Å². The number of rotatable bonds is 4. The van der Waals surface area contributed by atoms with Gasteiger partial charge in [-0.3, -0.25) is 0 Å². The van der Waals surface area contributed by atoms with Crippen LogP contribution in [0, 0.1) is 20.4 Å². The molecule has 1 N–H and O–H groups in total. The highest BCUT2D eigenvalue weighted by molar-refractivity contribution is 9.10. The molecule has 0 fully saturated rings. The van der Waals surface area contributed by atoms with Crippen LogP contribution in [0.5, 0.6) is 5.75 Å². The Kier molecular flexibility index (Phi) is 5.10. The molecule has 3 aromatic rings. The van der Waals surface area contributed by atoms with Crippen LogP contribution in [0.3, 0.4) is 0 Å². The maximum atomic E-state index is 7.31. The third kappa shape index (κ3) is 3.35. The predicted molar refractivity (Wildman–Crippen MR) is 108 cm³/mol. The van der Waals surface area contributed by atoms with Gasteiger partial charge in [0.05, 0.1) is 23.7 Å². The largest absolute Gasteiger partial charge is 0.495 e. The zero-order chi connectivity index (χ0) is 18.8. The van der Waals surface area contributed by atoms with Gasteiger partial charge in [-0.05, 0) is 53.9 Å². The monoisotopic (exact) mass is 410 g/mol. The van der Waals surface area contributed by atoms with Crippen molar-refractivity contribution in [2.75, 3.05) is 12.4 Å². The number of fused-ring (bicyclic) bond motifs is 1. The van der Waals surface area contributed by atoms with Crippen LogP contribution in [0.25, 0.3) is 15.7 Å². The van der Waals surface area contributed by atoms with E-state index in [1.54, 1.807) is 7.11 Å². The van der Waals surface area contributed by atoms with Crippen LogP contribution in [0.2, 0.25) is 0 Å². The van der Waals surface area contributed by atoms with Crippen LogP contribution in [-0.2, 0) is 0 Å². The molecule has 0 amide bonds. The van der Waals surface area contributed by atoms with Gasteiger partial charge in [-0.15, -0.1) is 0 Å². The second-order valence-corrected chi connectivity index (χ2v) is 6.95. The van der Waals surface area contributed by atoms with E-state index >= 15 is 0 Å². The Morgan fingerprint density at radius 3 is 2.69 bits per heavy atom. The topological polar surface area (TPSA) is 51.4 Å². The molecule has 0 radical (unpaired) electrons. The predicted octanol–water partition coefficient (Wildman–Crippen LogP) is 5.74. The molecular weight excluding hydrogens is 392 g/mol. The fourth-order valence-electron chi connectivity index (χ4n) is 3.03. The first-order chi connectivity index (χ1) is 12.4. The summed E-state index contributed by atoms with van der Waals surface area (Å²) in [5.41, 5.74) is 3.56. The molecule has 0 bridgehead atoms. The van der Waals surface area contributed by atoms with E-state index < -0.39 is 0 Å². The SMILES string of the molecule is [C-]#[N+]c1cccc([C@@H](C)Nc2nc(C)nc3cc(OC)c(Br)cc23)c1C. The smallest absolute Gasteiger partial charge is 0.190 e. The number of halogens is 1. The first-order valence-corrected chi connectivity index (χ1v) is 8.99. The van der Waals surface area contributed by atoms with Gasteiger partial charge in [0.25, 0.3) is 0 Å². The van der Waals surface area contributed by atoms with E-state index in [0.717, 1.165) is 38.1 Å². The Morgan fingerprint density at radius 2 is 2.00 bits per heavy atom. The highest BCUT2D eigenvalue weighted by Gasteiger charge is 2.15. The number of nitrogens with zero attached hydrogens (tertiary/aromatic N) is 3. The Hall–Kier alpha value is -2.65. The average molecular weight is 411 g/mol. The first-order valence-electron chi connectivity index (χ1n) is 8.20. The summed E-state index contributed by atoms with van der Waals surface area (Å²) in [6, 6.07) is 9.65. The van der Waals surface area contributed by atoms with Crippen molar-refractivity contribution >= 4 is 38.3 Å². The molecule has 0 spiro atoms. The van der Waals surface area contributed by atoms with Gasteiger partial charge in [-0.2, -0.15) is 0 Å². The molecule has 3 rings (SSSR count). The van der Waals surface area contributed by atoms with E-state index in [4.69, 9.17) is 11.3 Å². The van der Waals surface area contributed by atoms with Crippen molar-refractivity contribution in [1.29, 1.82) is 0 Å². The molecular formula is C20H19BrN4O. The van der Waals surface area contributed by atoms with Crippen molar-refractivity contribution < 1.29 is 4.74 Å². The zero-order valence-electron chi connectivity index (χ0n) is 15.1. The summed E-state index contributed by atoms with van der Waals surface area (Å²) in [7, 11) is 1.63. The Bertz CT molecular complexity index is 1030. The minimum atomic E-state index is -0.00456. The second kappa shape index (κ2) is 7.30. The molecule has 0 aliphatic heterocycles. The Labute approximate surface area is 161 Å². The lowest BCUT2D eigenvalue weighted by Gasteiger charge is -2.19. The third-order valence-electron chi connectivity index (χ3n) is 4.37. The first kappa shape index (κ1) is 18.2. The molecule has 1 aromatic heterocycles. The maximum absolute atomic E-state index is 7.31. The van der Waals surface area contributed by atoms with Gasteiger partial charge in [-0.1, -0.05) is 18.2 Å². The number of aromatic nitrogens is 2. The van der Waals surface area contributed by atoms with Crippen molar-refractivity contribution in [3.05, 3.63) is 63.2 Å². The summed E-state index contributed by atoms with van der Waals surface area (Å²) >= 11 is 3.53. The van der Waals surface area contributed by atoms with Crippen LogP contribution < -0.4 is 10.1 Å². The standard InChI is InChI=1S/C20H19BrN4O/c1-11-14(7-6-8-17(11)22-4)12(2)23-20-15-9-16(21)19(26-5)10-18(15)24-13(3)25-20/h6-10,12H,1-3,5H3,(H,23,24,25)/t12-/m1/s1. The van der Waals surface area contributed by atoms with Gasteiger partial charge < -0.3 is 10.1 Å². The molecule has 2 aromatic carbocycles. The molecule has 1 heterocycles. The number of nitrogens with one attached hydrogen (secondary N) is 1. The normalized spacial score (nSPS) is 11.8. The van der Waals surface area contributed by atoms with Crippen molar-refractivity contribution in [2.24, 2.45) is 0 Å². The van der Waals surface area contributed by atoms with E-state index in [2.05, 4.69) is 43.0 Å². The number of methoxy groups -OCH3 is 1. The zero-order valence-corrected chi connectivity index (χ0v) is 16.7. The fourth-order valence-corrected chi connectivity index (χ4v) is 3.53. The van der Waals surface area contributed by atoms with E-state index in [9.17, 15) is 0 Å². The van der Waals surface area contributed by atoms with Crippen LogP contribution in [-0.4, -0.2) is 17.1 Å². The molecule has 0 aliphatic rings. The summed E-state index contributed by atoms with van der Waals surface area (Å²) in [4.78, 5) is 12.7. The molecule has 5 nitrogen and oxygen atoms in total. The summed E-state index contributed by atoms with van der Waals surface area (Å²) < 4.78 is 6.22. The summed E-state index contributed by atoms with van der Waals surface area (Å²) in [6.45, 7) is 13.2. The molecule has 1 atom stereocenters. The molecule has 132 valence electrons. The van der Waals surface area contributed by atoms with E-state index in [0.29, 0.717) is 11.5 Å². The number of aryl methyl sites for hydroxylation is 1. The Balaban J connectivity index is 2.06. The lowest BCUT2D eigenvalue weighted by molar-refractivity contribution is 0.412. The van der Waals surface area contributed by atoms with Gasteiger partial charge >= 0.3 is 0 Å². The lowest BCUT2D eigenvalue weighted by Crippen LogP contribution is -2.11. The van der Waals surface area contributed by atoms with Crippen LogP contribution in [0.4, 0.5) is 11.5 Å². The molecule has 6 heteroatoms. The van der Waals surface area contributed by atoms with Crippen LogP contribution >= 0.6 is 15.9 Å². The number of anilines is 1. The average Bonchev–Trinajstić information content (AvgIpc) is 2.61. The minimum Gasteiger partial charge on any atom is -0.495 e. The van der Waals surface area contributed by atoms with Crippen molar-refractivity contribution in [2.45, 2.75) is 26.8 Å². The highest BCUT2D eigenvalue weighted by Crippen LogP contribution is 2.34. The summed E-state index contributed by atoms with van der Waals surface area (Å²) in [5.74, 6) is 2.18. The van der Waals surface area contributed by atoms with Gasteiger partial charge in [0, 0.05) is 17.5 Å². The quantitative estimate of drug-likeness (QED) is 0.556. The van der Waals surface area contributed by atoms with Crippen LogP contribution in [0.15, 0.2) is 34.8 Å². The van der Waals surface area contributed by atoms with Crippen molar-refractivity contribution in [1.82, 2.24) is 9.97 Å². The van der Waals surface area contributed by atoms with E-state index in [1.807, 2.05) is 44.2 Å². The van der Waals surface area contributed by atoms with Gasteiger partial charge in [-0.25, -0.2) is 14.8 Å². The van der Waals surface area contributed by atoms with Crippen LogP contribution in [0.1, 0.15) is 29.9 Å². The number of hydrogen-bond donors (Lipinski definition) is 1. The van der Waals surface area contributed by atoms with Crippen molar-refractivity contribution in [3.63, 3.8) is 0 Å². The second-order valence-electron chi connectivity index (χ2n) is 6.09. The number of benzene rings is 2. The van der Waals surface area contributed by atoms with Gasteiger partial charge in [0.15, 0.2) is 5.69 Å².